The van der Waals surface area contributed by atoms with Gasteiger partial charge in [0.2, 0.25) is 0 Å². The Kier molecular flexibility index (Phi) is 3.88. The predicted octanol–water partition coefficient (Wildman–Crippen LogP) is -0.000680. The van der Waals surface area contributed by atoms with E-state index < -0.39 is 10.0 Å². The van der Waals surface area contributed by atoms with Crippen LogP contribution in [0.1, 0.15) is 11.4 Å². The van der Waals surface area contributed by atoms with Gasteiger partial charge in [0.25, 0.3) is 10.0 Å². The van der Waals surface area contributed by atoms with Crippen LogP contribution in [0.25, 0.3) is 0 Å². The number of aromatic amines is 1. The van der Waals surface area contributed by atoms with Gasteiger partial charge in [-0.25, -0.2) is 13.1 Å². The molecule has 2 aromatic rings. The number of sulfonamides is 1. The fourth-order valence-corrected chi connectivity index (χ4v) is 4.00. The van der Waals surface area contributed by atoms with Crippen molar-refractivity contribution < 1.29 is 8.42 Å². The van der Waals surface area contributed by atoms with E-state index in [1.54, 1.807) is 24.9 Å². The van der Waals surface area contributed by atoms with E-state index in [4.69, 9.17) is 0 Å². The molecular formula is C10H14N4O3S2. The first kappa shape index (κ1) is 14.0. The van der Waals surface area contributed by atoms with Gasteiger partial charge in [0.05, 0.1) is 5.69 Å². The fraction of sp³-hybridized carbons (Fsp3) is 0.400. The van der Waals surface area contributed by atoms with E-state index in [9.17, 15) is 13.2 Å². The van der Waals surface area contributed by atoms with Crippen LogP contribution >= 0.6 is 11.3 Å². The Balaban J connectivity index is 2.02. The molecule has 0 saturated heterocycles. The van der Waals surface area contributed by atoms with Crippen molar-refractivity contribution in [1.82, 2.24) is 19.5 Å². The molecule has 9 heteroatoms. The van der Waals surface area contributed by atoms with Crippen LogP contribution in [-0.4, -0.2) is 29.7 Å². The Morgan fingerprint density at radius 1 is 1.53 bits per heavy atom. The van der Waals surface area contributed by atoms with E-state index in [-0.39, 0.29) is 15.6 Å². The van der Waals surface area contributed by atoms with Crippen molar-refractivity contribution in [1.29, 1.82) is 0 Å². The Morgan fingerprint density at radius 3 is 2.79 bits per heavy atom. The Hall–Kier alpha value is -1.45. The normalized spacial score (nSPS) is 11.9. The maximum Gasteiger partial charge on any atom is 0.305 e. The van der Waals surface area contributed by atoms with Gasteiger partial charge in [-0.1, -0.05) is 11.3 Å². The maximum atomic E-state index is 12.0. The van der Waals surface area contributed by atoms with Crippen molar-refractivity contribution >= 4 is 21.4 Å². The van der Waals surface area contributed by atoms with Crippen LogP contribution in [0.4, 0.5) is 0 Å². The zero-order valence-electron chi connectivity index (χ0n) is 10.5. The summed E-state index contributed by atoms with van der Waals surface area (Å²) in [7, 11) is -1.83. The molecular weight excluding hydrogens is 288 g/mol. The molecule has 0 aromatic carbocycles. The van der Waals surface area contributed by atoms with Gasteiger partial charge < -0.3 is 4.98 Å². The molecule has 104 valence electrons. The SMILES string of the molecule is Cc1[nH]c(=O)sc1S(=O)(=O)NCCc1ccn(C)n1. The zero-order chi connectivity index (χ0) is 14.0. The zero-order valence-corrected chi connectivity index (χ0v) is 12.1. The minimum absolute atomic E-state index is 0.0403. The molecule has 0 aliphatic rings. The molecule has 0 unspecified atom stereocenters. The van der Waals surface area contributed by atoms with Gasteiger partial charge in [0.15, 0.2) is 4.21 Å². The summed E-state index contributed by atoms with van der Waals surface area (Å²) in [5, 5.41) is 4.15. The molecule has 0 aliphatic carbocycles. The van der Waals surface area contributed by atoms with Crippen molar-refractivity contribution in [3.63, 3.8) is 0 Å². The molecule has 0 aliphatic heterocycles. The number of hydrogen-bond acceptors (Lipinski definition) is 5. The average Bonchev–Trinajstić information content (AvgIpc) is 2.85. The molecule has 0 radical (unpaired) electrons. The molecule has 0 atom stereocenters. The summed E-state index contributed by atoms with van der Waals surface area (Å²) in [6.07, 6.45) is 2.30. The number of H-pyrrole nitrogens is 1. The molecule has 2 N–H and O–H groups in total. The van der Waals surface area contributed by atoms with Crippen LogP contribution in [0.2, 0.25) is 0 Å². The molecule has 0 amide bonds. The van der Waals surface area contributed by atoms with E-state index in [0.717, 1.165) is 5.69 Å². The summed E-state index contributed by atoms with van der Waals surface area (Å²) in [4.78, 5) is 13.2. The van der Waals surface area contributed by atoms with E-state index in [1.807, 2.05) is 6.07 Å². The lowest BCUT2D eigenvalue weighted by molar-refractivity contribution is 0.582. The van der Waals surface area contributed by atoms with Crippen molar-refractivity contribution in [3.05, 3.63) is 33.3 Å². The highest BCUT2D eigenvalue weighted by Crippen LogP contribution is 2.15. The second-order valence-corrected chi connectivity index (χ2v) is 7.00. The van der Waals surface area contributed by atoms with Gasteiger partial charge in [-0.3, -0.25) is 9.48 Å². The molecule has 2 rings (SSSR count). The van der Waals surface area contributed by atoms with Crippen molar-refractivity contribution in [3.8, 4) is 0 Å². The van der Waals surface area contributed by atoms with Crippen molar-refractivity contribution in [2.75, 3.05) is 6.54 Å². The third kappa shape index (κ3) is 3.31. The monoisotopic (exact) mass is 302 g/mol. The molecule has 2 aromatic heterocycles. The summed E-state index contributed by atoms with van der Waals surface area (Å²) in [6, 6.07) is 1.83. The Morgan fingerprint density at radius 2 is 2.26 bits per heavy atom. The highest BCUT2D eigenvalue weighted by atomic mass is 32.2. The largest absolute Gasteiger partial charge is 0.315 e. The summed E-state index contributed by atoms with van der Waals surface area (Å²) in [5.41, 5.74) is 1.17. The maximum absolute atomic E-state index is 12.0. The smallest absolute Gasteiger partial charge is 0.305 e. The first-order chi connectivity index (χ1) is 8.88. The number of rotatable bonds is 5. The fourth-order valence-electron chi connectivity index (χ4n) is 1.62. The van der Waals surface area contributed by atoms with Crippen molar-refractivity contribution in [2.24, 2.45) is 7.05 Å². The molecule has 0 fully saturated rings. The molecule has 0 spiro atoms. The number of nitrogens with one attached hydrogen (secondary N) is 2. The van der Waals surface area contributed by atoms with Gasteiger partial charge in [-0.05, 0) is 13.0 Å². The standard InChI is InChI=1S/C10H14N4O3S2/c1-7-9(18-10(15)12-7)19(16,17)11-5-3-8-4-6-14(2)13-8/h4,6,11H,3,5H2,1-2H3,(H,12,15). The molecule has 0 bridgehead atoms. The van der Waals surface area contributed by atoms with E-state index in [2.05, 4.69) is 14.8 Å². The first-order valence-electron chi connectivity index (χ1n) is 5.56. The summed E-state index contributed by atoms with van der Waals surface area (Å²) >= 11 is 0.690. The number of nitrogens with zero attached hydrogens (tertiary/aromatic N) is 2. The summed E-state index contributed by atoms with van der Waals surface area (Å²) < 4.78 is 28.1. The topological polar surface area (TPSA) is 96.9 Å². The number of aryl methyl sites for hydroxylation is 2. The predicted molar refractivity (Wildman–Crippen MR) is 71.8 cm³/mol. The summed E-state index contributed by atoms with van der Waals surface area (Å²) in [5.74, 6) is 0. The van der Waals surface area contributed by atoms with Crippen LogP contribution in [-0.2, 0) is 23.5 Å². The van der Waals surface area contributed by atoms with Crippen LogP contribution < -0.4 is 9.60 Å². The van der Waals surface area contributed by atoms with E-state index in [1.165, 1.54) is 0 Å². The number of aromatic nitrogens is 3. The molecule has 7 nitrogen and oxygen atoms in total. The van der Waals surface area contributed by atoms with Crippen molar-refractivity contribution in [2.45, 2.75) is 17.6 Å². The second kappa shape index (κ2) is 5.27. The molecule has 0 saturated carbocycles. The average molecular weight is 302 g/mol. The van der Waals surface area contributed by atoms with E-state index in [0.29, 0.717) is 23.5 Å². The van der Waals surface area contributed by atoms with Crippen LogP contribution in [0.15, 0.2) is 21.3 Å². The number of thiazole rings is 1. The third-order valence-electron chi connectivity index (χ3n) is 2.47. The summed E-state index contributed by atoms with van der Waals surface area (Å²) in [6.45, 7) is 1.80. The van der Waals surface area contributed by atoms with Gasteiger partial charge in [0.1, 0.15) is 0 Å². The lowest BCUT2D eigenvalue weighted by atomic mass is 10.3. The van der Waals surface area contributed by atoms with Gasteiger partial charge >= 0.3 is 4.87 Å². The second-order valence-electron chi connectivity index (χ2n) is 4.06. The quantitative estimate of drug-likeness (QED) is 0.812. The minimum Gasteiger partial charge on any atom is -0.315 e. The highest BCUT2D eigenvalue weighted by Gasteiger charge is 2.19. The van der Waals surface area contributed by atoms with Gasteiger partial charge in [-0.15, -0.1) is 0 Å². The Bertz CT molecular complexity index is 726. The third-order valence-corrected chi connectivity index (χ3v) is 5.53. The lowest BCUT2D eigenvalue weighted by Gasteiger charge is -2.04. The number of hydrogen-bond donors (Lipinski definition) is 2. The lowest BCUT2D eigenvalue weighted by Crippen LogP contribution is -2.26. The Labute approximate surface area is 114 Å². The molecule has 19 heavy (non-hydrogen) atoms. The first-order valence-corrected chi connectivity index (χ1v) is 7.86. The van der Waals surface area contributed by atoms with E-state index >= 15 is 0 Å². The minimum atomic E-state index is -3.63. The van der Waals surface area contributed by atoms with Gasteiger partial charge in [0, 0.05) is 31.9 Å². The van der Waals surface area contributed by atoms with Gasteiger partial charge in [-0.2, -0.15) is 5.10 Å². The van der Waals surface area contributed by atoms with Crippen LogP contribution in [0.3, 0.4) is 0 Å². The highest BCUT2D eigenvalue weighted by molar-refractivity contribution is 7.91. The van der Waals surface area contributed by atoms with Crippen LogP contribution in [0.5, 0.6) is 0 Å². The molecule has 2 heterocycles. The van der Waals surface area contributed by atoms with Crippen LogP contribution in [0, 0.1) is 6.92 Å².